The molecule has 1 unspecified atom stereocenters. The standard InChI is InChI=1S/C11H21N3S/c1-4-5-14-8-11(7-13-14)6-12-10(2)9-15-3/h7-8,10,12H,4-6,9H2,1-3H3. The van der Waals surface area contributed by atoms with Gasteiger partial charge in [-0.3, -0.25) is 4.68 Å². The van der Waals surface area contributed by atoms with Gasteiger partial charge in [-0.2, -0.15) is 16.9 Å². The summed E-state index contributed by atoms with van der Waals surface area (Å²) in [7, 11) is 0. The van der Waals surface area contributed by atoms with Gasteiger partial charge in [-0.05, 0) is 19.6 Å². The molecule has 0 fully saturated rings. The molecule has 86 valence electrons. The van der Waals surface area contributed by atoms with Crippen LogP contribution in [0.4, 0.5) is 0 Å². The summed E-state index contributed by atoms with van der Waals surface area (Å²) in [6, 6.07) is 0.564. The summed E-state index contributed by atoms with van der Waals surface area (Å²) in [5.74, 6) is 1.16. The van der Waals surface area contributed by atoms with Gasteiger partial charge in [0.15, 0.2) is 0 Å². The van der Waals surface area contributed by atoms with Gasteiger partial charge in [0.25, 0.3) is 0 Å². The van der Waals surface area contributed by atoms with Crippen molar-refractivity contribution in [2.75, 3.05) is 12.0 Å². The molecule has 0 aromatic carbocycles. The molecular weight excluding hydrogens is 206 g/mol. The summed E-state index contributed by atoms with van der Waals surface area (Å²) in [5.41, 5.74) is 1.27. The minimum absolute atomic E-state index is 0.564. The zero-order valence-corrected chi connectivity index (χ0v) is 10.7. The molecule has 1 N–H and O–H groups in total. The van der Waals surface area contributed by atoms with Gasteiger partial charge in [0.2, 0.25) is 0 Å². The topological polar surface area (TPSA) is 29.9 Å². The van der Waals surface area contributed by atoms with Crippen molar-refractivity contribution in [1.29, 1.82) is 0 Å². The molecule has 0 saturated heterocycles. The highest BCUT2D eigenvalue weighted by Gasteiger charge is 2.01. The van der Waals surface area contributed by atoms with E-state index in [0.29, 0.717) is 6.04 Å². The molecule has 1 heterocycles. The van der Waals surface area contributed by atoms with E-state index in [1.165, 1.54) is 5.56 Å². The van der Waals surface area contributed by atoms with E-state index < -0.39 is 0 Å². The summed E-state index contributed by atoms with van der Waals surface area (Å²) >= 11 is 1.87. The van der Waals surface area contributed by atoms with Crippen LogP contribution < -0.4 is 5.32 Å². The zero-order chi connectivity index (χ0) is 11.1. The van der Waals surface area contributed by atoms with E-state index in [9.17, 15) is 0 Å². The number of nitrogens with zero attached hydrogens (tertiary/aromatic N) is 2. The smallest absolute Gasteiger partial charge is 0.0534 e. The first kappa shape index (κ1) is 12.6. The van der Waals surface area contributed by atoms with E-state index in [-0.39, 0.29) is 0 Å². The Bertz CT molecular complexity index is 273. The van der Waals surface area contributed by atoms with Crippen LogP contribution in [0.15, 0.2) is 12.4 Å². The third-order valence-electron chi connectivity index (χ3n) is 2.21. The van der Waals surface area contributed by atoms with E-state index in [4.69, 9.17) is 0 Å². The largest absolute Gasteiger partial charge is 0.309 e. The van der Waals surface area contributed by atoms with Crippen molar-refractivity contribution in [3.8, 4) is 0 Å². The highest BCUT2D eigenvalue weighted by atomic mass is 32.2. The molecule has 3 nitrogen and oxygen atoms in total. The highest BCUT2D eigenvalue weighted by Crippen LogP contribution is 2.01. The number of rotatable bonds is 7. The van der Waals surface area contributed by atoms with Crippen LogP contribution in [0.3, 0.4) is 0 Å². The Hall–Kier alpha value is -0.480. The van der Waals surface area contributed by atoms with Gasteiger partial charge in [0.05, 0.1) is 6.20 Å². The molecule has 1 aromatic heterocycles. The molecule has 4 heteroatoms. The van der Waals surface area contributed by atoms with Crippen molar-refractivity contribution in [2.45, 2.75) is 39.4 Å². The Morgan fingerprint density at radius 1 is 1.60 bits per heavy atom. The van der Waals surface area contributed by atoms with Crippen LogP contribution in [0.5, 0.6) is 0 Å². The number of aryl methyl sites for hydroxylation is 1. The maximum atomic E-state index is 4.30. The predicted molar refractivity (Wildman–Crippen MR) is 67.2 cm³/mol. The van der Waals surface area contributed by atoms with Crippen molar-refractivity contribution < 1.29 is 0 Å². The molecule has 0 aliphatic rings. The van der Waals surface area contributed by atoms with Crippen LogP contribution in [0.25, 0.3) is 0 Å². The summed E-state index contributed by atoms with van der Waals surface area (Å²) < 4.78 is 2.01. The molecule has 0 radical (unpaired) electrons. The molecule has 0 aliphatic heterocycles. The molecule has 0 spiro atoms. The summed E-state index contributed by atoms with van der Waals surface area (Å²) in [4.78, 5) is 0. The Morgan fingerprint density at radius 2 is 2.40 bits per heavy atom. The normalized spacial score (nSPS) is 13.0. The van der Waals surface area contributed by atoms with Crippen LogP contribution in [0.2, 0.25) is 0 Å². The molecule has 1 atom stereocenters. The predicted octanol–water partition coefficient (Wildman–Crippen LogP) is 2.13. The zero-order valence-electron chi connectivity index (χ0n) is 9.86. The fourth-order valence-corrected chi connectivity index (χ4v) is 2.07. The molecule has 0 amide bonds. The minimum Gasteiger partial charge on any atom is -0.309 e. The summed E-state index contributed by atoms with van der Waals surface area (Å²) in [5, 5.41) is 7.78. The SMILES string of the molecule is CCCn1cc(CNC(C)CSC)cn1. The lowest BCUT2D eigenvalue weighted by molar-refractivity contribution is 0.589. The van der Waals surface area contributed by atoms with E-state index in [1.54, 1.807) is 0 Å². The maximum Gasteiger partial charge on any atom is 0.0534 e. The van der Waals surface area contributed by atoms with Crippen LogP contribution in [-0.2, 0) is 13.1 Å². The number of nitrogens with one attached hydrogen (secondary N) is 1. The lowest BCUT2D eigenvalue weighted by Gasteiger charge is -2.10. The first-order valence-corrected chi connectivity index (χ1v) is 6.89. The van der Waals surface area contributed by atoms with Gasteiger partial charge < -0.3 is 5.32 Å². The van der Waals surface area contributed by atoms with E-state index in [0.717, 1.165) is 25.3 Å². The van der Waals surface area contributed by atoms with Crippen LogP contribution in [0, 0.1) is 0 Å². The highest BCUT2D eigenvalue weighted by molar-refractivity contribution is 7.98. The van der Waals surface area contributed by atoms with Crippen LogP contribution >= 0.6 is 11.8 Å². The average molecular weight is 227 g/mol. The quantitative estimate of drug-likeness (QED) is 0.774. The van der Waals surface area contributed by atoms with Crippen molar-refractivity contribution in [2.24, 2.45) is 0 Å². The Kier molecular flexibility index (Phi) is 5.79. The van der Waals surface area contributed by atoms with E-state index in [2.05, 4.69) is 36.7 Å². The third kappa shape index (κ3) is 4.71. The Labute approximate surface area is 96.6 Å². The van der Waals surface area contributed by atoms with Gasteiger partial charge in [-0.1, -0.05) is 6.92 Å². The van der Waals surface area contributed by atoms with Gasteiger partial charge in [0.1, 0.15) is 0 Å². The van der Waals surface area contributed by atoms with Crippen molar-refractivity contribution in [1.82, 2.24) is 15.1 Å². The maximum absolute atomic E-state index is 4.30. The molecule has 0 aliphatic carbocycles. The fraction of sp³-hybridized carbons (Fsp3) is 0.727. The lowest BCUT2D eigenvalue weighted by Crippen LogP contribution is -2.27. The first-order valence-electron chi connectivity index (χ1n) is 5.50. The second-order valence-corrected chi connectivity index (χ2v) is 4.76. The number of thioether (sulfide) groups is 1. The number of hydrogen-bond acceptors (Lipinski definition) is 3. The molecule has 1 aromatic rings. The Morgan fingerprint density at radius 3 is 3.07 bits per heavy atom. The van der Waals surface area contributed by atoms with Crippen LogP contribution in [0.1, 0.15) is 25.8 Å². The second kappa shape index (κ2) is 6.90. The number of hydrogen-bond donors (Lipinski definition) is 1. The minimum atomic E-state index is 0.564. The van der Waals surface area contributed by atoms with Gasteiger partial charge >= 0.3 is 0 Å². The molecule has 0 bridgehead atoms. The van der Waals surface area contributed by atoms with Gasteiger partial charge in [-0.15, -0.1) is 0 Å². The van der Waals surface area contributed by atoms with E-state index >= 15 is 0 Å². The fourth-order valence-electron chi connectivity index (χ4n) is 1.45. The van der Waals surface area contributed by atoms with Gasteiger partial charge in [-0.25, -0.2) is 0 Å². The van der Waals surface area contributed by atoms with Crippen molar-refractivity contribution in [3.63, 3.8) is 0 Å². The van der Waals surface area contributed by atoms with Crippen LogP contribution in [-0.4, -0.2) is 27.8 Å². The third-order valence-corrected chi connectivity index (χ3v) is 3.04. The Balaban J connectivity index is 2.30. The molecule has 15 heavy (non-hydrogen) atoms. The lowest BCUT2D eigenvalue weighted by atomic mass is 10.3. The number of aromatic nitrogens is 2. The van der Waals surface area contributed by atoms with E-state index in [1.807, 2.05) is 22.6 Å². The molecule has 0 saturated carbocycles. The first-order chi connectivity index (χ1) is 7.26. The van der Waals surface area contributed by atoms with Crippen molar-refractivity contribution in [3.05, 3.63) is 18.0 Å². The molecule has 1 rings (SSSR count). The molecular formula is C11H21N3S. The summed E-state index contributed by atoms with van der Waals surface area (Å²) in [6.45, 7) is 6.32. The monoisotopic (exact) mass is 227 g/mol. The van der Waals surface area contributed by atoms with Gasteiger partial charge in [0, 0.05) is 36.6 Å². The second-order valence-electron chi connectivity index (χ2n) is 3.85. The summed E-state index contributed by atoms with van der Waals surface area (Å²) in [6.07, 6.45) is 7.35. The average Bonchev–Trinajstić information content (AvgIpc) is 2.64. The van der Waals surface area contributed by atoms with Crippen molar-refractivity contribution >= 4 is 11.8 Å².